The first-order valence-corrected chi connectivity index (χ1v) is 9.77. The lowest BCUT2D eigenvalue weighted by Crippen LogP contribution is -2.51. The van der Waals surface area contributed by atoms with Crippen molar-refractivity contribution >= 4 is 21.9 Å². The van der Waals surface area contributed by atoms with Crippen LogP contribution >= 0.6 is 0 Å². The van der Waals surface area contributed by atoms with E-state index in [0.29, 0.717) is 0 Å². The fourth-order valence-corrected chi connectivity index (χ4v) is 4.41. The van der Waals surface area contributed by atoms with Crippen LogP contribution in [0.3, 0.4) is 0 Å². The lowest BCUT2D eigenvalue weighted by molar-refractivity contribution is 0.0649. The number of benzene rings is 1. The van der Waals surface area contributed by atoms with Crippen molar-refractivity contribution in [3.8, 4) is 0 Å². The zero-order valence-corrected chi connectivity index (χ0v) is 15.8. The van der Waals surface area contributed by atoms with E-state index in [-0.39, 0.29) is 42.3 Å². The van der Waals surface area contributed by atoms with E-state index in [9.17, 15) is 23.1 Å². The van der Waals surface area contributed by atoms with Gasteiger partial charge in [-0.15, -0.1) is 0 Å². The number of carboxylic acid groups (broad SMARTS) is 1. The van der Waals surface area contributed by atoms with Crippen molar-refractivity contribution in [1.29, 1.82) is 0 Å². The monoisotopic (exact) mass is 392 g/mol. The van der Waals surface area contributed by atoms with Crippen molar-refractivity contribution in [3.63, 3.8) is 0 Å². The number of nitrogens with zero attached hydrogens (tertiary/aromatic N) is 4. The third kappa shape index (κ3) is 3.58. The van der Waals surface area contributed by atoms with Crippen LogP contribution in [0.2, 0.25) is 0 Å². The number of amides is 1. The SMILES string of the molecule is Cc1ccc(S(=O)(=O)N2CCN(C(=O)c3c(C(=O)O)cnn3C)CC2)cc1. The van der Waals surface area contributed by atoms with E-state index in [0.717, 1.165) is 11.8 Å². The zero-order valence-electron chi connectivity index (χ0n) is 15.0. The second-order valence-electron chi connectivity index (χ2n) is 6.34. The first kappa shape index (κ1) is 19.1. The van der Waals surface area contributed by atoms with Crippen LogP contribution in [0.1, 0.15) is 26.4 Å². The number of sulfonamides is 1. The molecule has 1 aromatic carbocycles. The minimum atomic E-state index is -3.63. The third-order valence-electron chi connectivity index (χ3n) is 4.56. The molecule has 0 aliphatic carbocycles. The average molecular weight is 392 g/mol. The molecule has 3 rings (SSSR count). The largest absolute Gasteiger partial charge is 0.478 e. The minimum Gasteiger partial charge on any atom is -0.478 e. The van der Waals surface area contributed by atoms with Crippen molar-refractivity contribution in [2.75, 3.05) is 26.2 Å². The molecule has 0 unspecified atom stereocenters. The summed E-state index contributed by atoms with van der Waals surface area (Å²) in [6, 6.07) is 6.61. The molecule has 1 N–H and O–H groups in total. The van der Waals surface area contributed by atoms with Gasteiger partial charge < -0.3 is 10.0 Å². The molecule has 1 aromatic heterocycles. The Hall–Kier alpha value is -2.72. The van der Waals surface area contributed by atoms with E-state index in [2.05, 4.69) is 5.10 Å². The molecule has 1 amide bonds. The highest BCUT2D eigenvalue weighted by atomic mass is 32.2. The summed E-state index contributed by atoms with van der Waals surface area (Å²) >= 11 is 0. The number of aromatic nitrogens is 2. The van der Waals surface area contributed by atoms with Crippen LogP contribution in [0, 0.1) is 6.92 Å². The van der Waals surface area contributed by atoms with Crippen LogP contribution in [0.4, 0.5) is 0 Å². The Labute approximate surface area is 156 Å². The average Bonchev–Trinajstić information content (AvgIpc) is 3.03. The molecule has 0 atom stereocenters. The summed E-state index contributed by atoms with van der Waals surface area (Å²) in [5.41, 5.74) is 0.782. The van der Waals surface area contributed by atoms with Gasteiger partial charge in [0.2, 0.25) is 10.0 Å². The van der Waals surface area contributed by atoms with E-state index in [1.165, 1.54) is 20.9 Å². The number of carboxylic acids is 1. The van der Waals surface area contributed by atoms with Gasteiger partial charge in [-0.25, -0.2) is 13.2 Å². The molecule has 144 valence electrons. The van der Waals surface area contributed by atoms with Crippen LogP contribution in [0.15, 0.2) is 35.4 Å². The molecule has 1 saturated heterocycles. The van der Waals surface area contributed by atoms with Gasteiger partial charge in [-0.3, -0.25) is 9.48 Å². The van der Waals surface area contributed by atoms with Gasteiger partial charge in [-0.2, -0.15) is 9.40 Å². The molecule has 2 aromatic rings. The van der Waals surface area contributed by atoms with Crippen LogP contribution in [-0.2, 0) is 17.1 Å². The van der Waals surface area contributed by atoms with Crippen LogP contribution in [-0.4, -0.2) is 70.6 Å². The molecule has 0 radical (unpaired) electrons. The van der Waals surface area contributed by atoms with Crippen molar-refractivity contribution in [2.45, 2.75) is 11.8 Å². The van der Waals surface area contributed by atoms with Crippen molar-refractivity contribution < 1.29 is 23.1 Å². The van der Waals surface area contributed by atoms with Crippen LogP contribution < -0.4 is 0 Å². The molecule has 10 heteroatoms. The number of aromatic carboxylic acids is 1. The number of carbonyl (C=O) groups excluding carboxylic acids is 1. The predicted octanol–water partition coefficient (Wildman–Crippen LogP) is 0.573. The van der Waals surface area contributed by atoms with Gasteiger partial charge in [0.15, 0.2) is 0 Å². The number of piperazine rings is 1. The van der Waals surface area contributed by atoms with Crippen LogP contribution in [0.25, 0.3) is 0 Å². The highest BCUT2D eigenvalue weighted by Crippen LogP contribution is 2.19. The molecule has 1 fully saturated rings. The number of rotatable bonds is 4. The summed E-state index contributed by atoms with van der Waals surface area (Å²) in [4.78, 5) is 25.6. The second-order valence-corrected chi connectivity index (χ2v) is 8.28. The van der Waals surface area contributed by atoms with Gasteiger partial charge in [0.05, 0.1) is 11.1 Å². The maximum Gasteiger partial charge on any atom is 0.339 e. The van der Waals surface area contributed by atoms with Gasteiger partial charge in [-0.1, -0.05) is 17.7 Å². The predicted molar refractivity (Wildman–Crippen MR) is 96.0 cm³/mol. The number of aryl methyl sites for hydroxylation is 2. The first-order chi connectivity index (χ1) is 12.7. The standard InChI is InChI=1S/C17H20N4O5S/c1-12-3-5-13(6-4-12)27(25,26)21-9-7-20(8-10-21)16(22)15-14(17(23)24)11-18-19(15)2/h3-6,11H,7-10H2,1-2H3,(H,23,24). The molecular formula is C17H20N4O5S. The number of hydrogen-bond donors (Lipinski definition) is 1. The Morgan fingerprint density at radius 3 is 2.22 bits per heavy atom. The van der Waals surface area contributed by atoms with Gasteiger partial charge >= 0.3 is 5.97 Å². The van der Waals surface area contributed by atoms with Crippen molar-refractivity contribution in [3.05, 3.63) is 47.3 Å². The summed E-state index contributed by atoms with van der Waals surface area (Å²) < 4.78 is 28.0. The minimum absolute atomic E-state index is 0.0164. The van der Waals surface area contributed by atoms with Crippen molar-refractivity contribution in [2.24, 2.45) is 7.05 Å². The second kappa shape index (κ2) is 7.12. The van der Waals surface area contributed by atoms with E-state index < -0.39 is 21.9 Å². The Morgan fingerprint density at radius 2 is 1.67 bits per heavy atom. The molecule has 0 saturated carbocycles. The number of carbonyl (C=O) groups is 2. The van der Waals surface area contributed by atoms with Gasteiger partial charge in [0, 0.05) is 33.2 Å². The lowest BCUT2D eigenvalue weighted by atomic mass is 10.2. The van der Waals surface area contributed by atoms with E-state index in [4.69, 9.17) is 0 Å². The Bertz CT molecular complexity index is 973. The molecule has 27 heavy (non-hydrogen) atoms. The summed E-state index contributed by atoms with van der Waals surface area (Å²) in [5, 5.41) is 13.0. The van der Waals surface area contributed by atoms with Crippen LogP contribution in [0.5, 0.6) is 0 Å². The summed E-state index contributed by atoms with van der Waals surface area (Å²) in [7, 11) is -2.13. The maximum absolute atomic E-state index is 12.7. The van der Waals surface area contributed by atoms with E-state index in [1.807, 2.05) is 6.92 Å². The van der Waals surface area contributed by atoms with Gasteiger partial charge in [0.1, 0.15) is 11.3 Å². The highest BCUT2D eigenvalue weighted by Gasteiger charge is 2.32. The summed E-state index contributed by atoms with van der Waals surface area (Å²) in [5.74, 6) is -1.70. The third-order valence-corrected chi connectivity index (χ3v) is 6.47. The Kier molecular flexibility index (Phi) is 5.03. The Balaban J connectivity index is 1.74. The molecule has 9 nitrogen and oxygen atoms in total. The first-order valence-electron chi connectivity index (χ1n) is 8.33. The van der Waals surface area contributed by atoms with E-state index >= 15 is 0 Å². The zero-order chi connectivity index (χ0) is 19.8. The molecule has 0 spiro atoms. The fourth-order valence-electron chi connectivity index (χ4n) is 2.99. The molecule has 2 heterocycles. The number of hydrogen-bond acceptors (Lipinski definition) is 5. The summed E-state index contributed by atoms with van der Waals surface area (Å²) in [6.07, 6.45) is 1.13. The van der Waals surface area contributed by atoms with Gasteiger partial charge in [0.25, 0.3) is 5.91 Å². The normalized spacial score (nSPS) is 15.7. The molecule has 1 aliphatic heterocycles. The lowest BCUT2D eigenvalue weighted by Gasteiger charge is -2.34. The Morgan fingerprint density at radius 1 is 1.07 bits per heavy atom. The topological polar surface area (TPSA) is 113 Å². The highest BCUT2D eigenvalue weighted by molar-refractivity contribution is 7.89. The summed E-state index contributed by atoms with van der Waals surface area (Å²) in [6.45, 7) is 2.51. The van der Waals surface area contributed by atoms with E-state index in [1.54, 1.807) is 24.3 Å². The maximum atomic E-state index is 12.7. The van der Waals surface area contributed by atoms with Gasteiger partial charge in [-0.05, 0) is 19.1 Å². The molecular weight excluding hydrogens is 372 g/mol. The van der Waals surface area contributed by atoms with Crippen molar-refractivity contribution in [1.82, 2.24) is 19.0 Å². The smallest absolute Gasteiger partial charge is 0.339 e. The fraction of sp³-hybridized carbons (Fsp3) is 0.353. The molecule has 0 bridgehead atoms. The molecule has 1 aliphatic rings. The quantitative estimate of drug-likeness (QED) is 0.814.